The van der Waals surface area contributed by atoms with Crippen molar-refractivity contribution < 1.29 is 19.2 Å². The Morgan fingerprint density at radius 1 is 1.30 bits per heavy atom. The Morgan fingerprint density at radius 3 is 2.65 bits per heavy atom. The van der Waals surface area contributed by atoms with Crippen molar-refractivity contribution in [2.45, 2.75) is 57.2 Å². The largest absolute Gasteiger partial charge is 0.390 e. The summed E-state index contributed by atoms with van der Waals surface area (Å²) in [6, 6.07) is 0. The van der Waals surface area contributed by atoms with Gasteiger partial charge < -0.3 is 19.3 Å². The Bertz CT molecular complexity index is 539. The minimum atomic E-state index is -0.448. The van der Waals surface area contributed by atoms with E-state index in [4.69, 9.17) is 9.26 Å². The van der Waals surface area contributed by atoms with Crippen molar-refractivity contribution in [3.05, 3.63) is 11.7 Å². The molecule has 0 bridgehead atoms. The number of aromatic nitrogens is 2. The van der Waals surface area contributed by atoms with Gasteiger partial charge in [0.05, 0.1) is 12.2 Å². The van der Waals surface area contributed by atoms with Gasteiger partial charge in [0, 0.05) is 39.0 Å². The number of likely N-dealkylation sites (tertiary alicyclic amines) is 1. The number of rotatable bonds is 3. The van der Waals surface area contributed by atoms with Crippen LogP contribution in [0.25, 0.3) is 0 Å². The van der Waals surface area contributed by atoms with Crippen LogP contribution in [0.5, 0.6) is 0 Å². The van der Waals surface area contributed by atoms with Gasteiger partial charge in [0.2, 0.25) is 11.8 Å². The smallest absolute Gasteiger partial charge is 0.225 e. The van der Waals surface area contributed by atoms with E-state index >= 15 is 0 Å². The first kappa shape index (κ1) is 16.4. The van der Waals surface area contributed by atoms with Gasteiger partial charge in [0.15, 0.2) is 5.82 Å². The quantitative estimate of drug-likeness (QED) is 0.901. The molecule has 3 atom stereocenters. The van der Waals surface area contributed by atoms with Gasteiger partial charge in [-0.25, -0.2) is 0 Å². The average molecular weight is 323 g/mol. The summed E-state index contributed by atoms with van der Waals surface area (Å²) in [6.07, 6.45) is 3.05. The molecule has 7 heteroatoms. The lowest BCUT2D eigenvalue weighted by Crippen LogP contribution is -2.45. The van der Waals surface area contributed by atoms with Crippen molar-refractivity contribution in [3.8, 4) is 0 Å². The first-order chi connectivity index (χ1) is 11.1. The zero-order valence-electron chi connectivity index (χ0n) is 13.8. The van der Waals surface area contributed by atoms with Gasteiger partial charge in [-0.2, -0.15) is 4.98 Å². The molecule has 128 valence electrons. The van der Waals surface area contributed by atoms with Gasteiger partial charge in [-0.05, 0) is 32.1 Å². The van der Waals surface area contributed by atoms with Crippen molar-refractivity contribution in [2.24, 2.45) is 5.92 Å². The third kappa shape index (κ3) is 3.55. The van der Waals surface area contributed by atoms with Crippen molar-refractivity contribution >= 4 is 5.91 Å². The van der Waals surface area contributed by atoms with Crippen LogP contribution >= 0.6 is 0 Å². The minimum absolute atomic E-state index is 0.0349. The Morgan fingerprint density at radius 2 is 2.04 bits per heavy atom. The number of hydrogen-bond donors (Lipinski definition) is 1. The lowest BCUT2D eigenvalue weighted by molar-refractivity contribution is -0.142. The topological polar surface area (TPSA) is 88.7 Å². The molecule has 0 spiro atoms. The Balaban J connectivity index is 1.54. The highest BCUT2D eigenvalue weighted by molar-refractivity contribution is 5.79. The predicted molar refractivity (Wildman–Crippen MR) is 81.7 cm³/mol. The maximum atomic E-state index is 12.7. The van der Waals surface area contributed by atoms with Crippen LogP contribution in [0, 0.1) is 12.8 Å². The molecule has 1 aromatic rings. The predicted octanol–water partition coefficient (Wildman–Crippen LogP) is 1.26. The summed E-state index contributed by atoms with van der Waals surface area (Å²) in [4.78, 5) is 18.9. The van der Waals surface area contributed by atoms with E-state index < -0.39 is 6.10 Å². The summed E-state index contributed by atoms with van der Waals surface area (Å²) in [5.74, 6) is 1.78. The molecule has 3 rings (SSSR count). The first-order valence-electron chi connectivity index (χ1n) is 8.38. The van der Waals surface area contributed by atoms with Crippen LogP contribution in [0.4, 0.5) is 0 Å². The number of nitrogens with zero attached hydrogens (tertiary/aromatic N) is 3. The highest BCUT2D eigenvalue weighted by atomic mass is 16.5. The van der Waals surface area contributed by atoms with E-state index in [1.165, 1.54) is 0 Å². The van der Waals surface area contributed by atoms with Crippen molar-refractivity contribution in [1.82, 2.24) is 15.0 Å². The molecule has 1 aliphatic heterocycles. The highest BCUT2D eigenvalue weighted by Gasteiger charge is 2.36. The van der Waals surface area contributed by atoms with Gasteiger partial charge in [0.25, 0.3) is 0 Å². The molecule has 7 nitrogen and oxygen atoms in total. The zero-order valence-corrected chi connectivity index (χ0v) is 13.8. The molecule has 2 heterocycles. The molecule has 1 amide bonds. The van der Waals surface area contributed by atoms with Crippen LogP contribution in [0.15, 0.2) is 4.52 Å². The lowest BCUT2D eigenvalue weighted by atomic mass is 9.83. The van der Waals surface area contributed by atoms with Crippen LogP contribution in [-0.4, -0.2) is 58.5 Å². The van der Waals surface area contributed by atoms with Crippen LogP contribution in [-0.2, 0) is 9.53 Å². The summed E-state index contributed by atoms with van der Waals surface area (Å²) in [7, 11) is 1.60. The van der Waals surface area contributed by atoms with Crippen molar-refractivity contribution in [1.29, 1.82) is 0 Å². The number of aliphatic hydroxyl groups excluding tert-OH is 1. The van der Waals surface area contributed by atoms with E-state index in [9.17, 15) is 9.90 Å². The molecule has 0 unspecified atom stereocenters. The molecule has 1 saturated carbocycles. The standard InChI is InChI=1S/C16H25N3O4/c1-10-17-15(18-23-10)11-5-7-19(8-6-11)16(21)12-3-4-13(20)14(9-12)22-2/h11-14,20H,3-9H2,1-2H3/t12-,13+,14-/m1/s1. The van der Waals surface area contributed by atoms with Crippen molar-refractivity contribution in [2.75, 3.05) is 20.2 Å². The molecule has 1 saturated heterocycles. The van der Waals surface area contributed by atoms with Gasteiger partial charge in [-0.3, -0.25) is 4.79 Å². The first-order valence-corrected chi connectivity index (χ1v) is 8.38. The van der Waals surface area contributed by atoms with Crippen LogP contribution in [0.2, 0.25) is 0 Å². The van der Waals surface area contributed by atoms with E-state index in [2.05, 4.69) is 10.1 Å². The average Bonchev–Trinajstić information content (AvgIpc) is 3.01. The van der Waals surface area contributed by atoms with Gasteiger partial charge in [-0.15, -0.1) is 0 Å². The third-order valence-corrected chi connectivity index (χ3v) is 5.12. The molecular formula is C16H25N3O4. The number of hydrogen-bond acceptors (Lipinski definition) is 6. The summed E-state index contributed by atoms with van der Waals surface area (Å²) in [5.41, 5.74) is 0. The number of piperidine rings is 1. The monoisotopic (exact) mass is 323 g/mol. The van der Waals surface area contributed by atoms with E-state index in [1.54, 1.807) is 14.0 Å². The maximum Gasteiger partial charge on any atom is 0.225 e. The second kappa shape index (κ2) is 6.97. The summed E-state index contributed by atoms with van der Waals surface area (Å²) in [5, 5.41) is 13.9. The minimum Gasteiger partial charge on any atom is -0.390 e. The summed E-state index contributed by atoms with van der Waals surface area (Å²) >= 11 is 0. The number of carbonyl (C=O) groups is 1. The Labute approximate surface area is 136 Å². The number of amides is 1. The van der Waals surface area contributed by atoms with Crippen LogP contribution in [0.3, 0.4) is 0 Å². The van der Waals surface area contributed by atoms with Gasteiger partial charge in [-0.1, -0.05) is 5.16 Å². The molecule has 1 aromatic heterocycles. The fourth-order valence-electron chi connectivity index (χ4n) is 3.69. The van der Waals surface area contributed by atoms with E-state index in [0.29, 0.717) is 18.7 Å². The van der Waals surface area contributed by atoms with Gasteiger partial charge >= 0.3 is 0 Å². The number of methoxy groups -OCH3 is 1. The van der Waals surface area contributed by atoms with Crippen molar-refractivity contribution in [3.63, 3.8) is 0 Å². The molecule has 0 radical (unpaired) electrons. The fourth-order valence-corrected chi connectivity index (χ4v) is 3.69. The second-order valence-electron chi connectivity index (χ2n) is 6.62. The molecule has 1 N–H and O–H groups in total. The van der Waals surface area contributed by atoms with E-state index in [0.717, 1.165) is 38.2 Å². The Hall–Kier alpha value is -1.47. The molecular weight excluding hydrogens is 298 g/mol. The van der Waals surface area contributed by atoms with Crippen LogP contribution < -0.4 is 0 Å². The SMILES string of the molecule is CO[C@@H]1C[C@H](C(=O)N2CCC(c3noc(C)n3)CC2)CC[C@@H]1O. The second-order valence-corrected chi connectivity index (χ2v) is 6.62. The molecule has 23 heavy (non-hydrogen) atoms. The number of ether oxygens (including phenoxy) is 1. The molecule has 2 aliphatic rings. The summed E-state index contributed by atoms with van der Waals surface area (Å²) in [6.45, 7) is 3.25. The molecule has 0 aromatic carbocycles. The molecule has 2 fully saturated rings. The highest BCUT2D eigenvalue weighted by Crippen LogP contribution is 2.31. The summed E-state index contributed by atoms with van der Waals surface area (Å²) < 4.78 is 10.3. The fraction of sp³-hybridized carbons (Fsp3) is 0.812. The molecule has 1 aliphatic carbocycles. The normalized spacial score (nSPS) is 29.7. The number of carbonyl (C=O) groups excluding carboxylic acids is 1. The van der Waals surface area contributed by atoms with E-state index in [-0.39, 0.29) is 23.8 Å². The zero-order chi connectivity index (χ0) is 16.4. The number of aryl methyl sites for hydroxylation is 1. The third-order valence-electron chi connectivity index (χ3n) is 5.12. The lowest BCUT2D eigenvalue weighted by Gasteiger charge is -2.37. The number of aliphatic hydroxyl groups is 1. The Kier molecular flexibility index (Phi) is 4.96. The van der Waals surface area contributed by atoms with Gasteiger partial charge in [0.1, 0.15) is 0 Å². The van der Waals surface area contributed by atoms with Crippen LogP contribution in [0.1, 0.15) is 49.7 Å². The maximum absolute atomic E-state index is 12.7. The van der Waals surface area contributed by atoms with E-state index in [1.807, 2.05) is 4.90 Å².